The monoisotopic (exact) mass is 181 g/mol. The lowest BCUT2D eigenvalue weighted by Gasteiger charge is -2.35. The molecule has 70 valence electrons. The maximum atomic E-state index is 12.5. The lowest BCUT2D eigenvalue weighted by molar-refractivity contribution is 0.0938. The van der Waals surface area contributed by atoms with E-state index in [-0.39, 0.29) is 11.9 Å². The average molecular weight is 181 g/mol. The molecule has 1 fully saturated rings. The van der Waals surface area contributed by atoms with E-state index >= 15 is 0 Å². The molecule has 2 nitrogen and oxygen atoms in total. The van der Waals surface area contributed by atoms with Crippen LogP contribution in [0, 0.1) is 5.82 Å². The fraction of sp³-hybridized carbons (Fsp3) is 0.400. The molecule has 1 aromatic carbocycles. The summed E-state index contributed by atoms with van der Waals surface area (Å²) in [7, 11) is 0. The average Bonchev–Trinajstić information content (AvgIpc) is 2.15. The first-order valence-corrected chi connectivity index (χ1v) is 4.41. The molecular formula is C10H12FNO. The molecule has 1 heterocycles. The molecule has 0 bridgehead atoms. The zero-order valence-electron chi connectivity index (χ0n) is 7.46. The highest BCUT2D eigenvalue weighted by Gasteiger charge is 2.27. The summed E-state index contributed by atoms with van der Waals surface area (Å²) in [5.74, 6) is 0.506. The first-order chi connectivity index (χ1) is 6.25. The third-order valence-electron chi connectivity index (χ3n) is 2.30. The fourth-order valence-electron chi connectivity index (χ4n) is 1.28. The van der Waals surface area contributed by atoms with E-state index in [1.807, 2.05) is 0 Å². The topological polar surface area (TPSA) is 21.3 Å². The molecule has 0 aliphatic carbocycles. The first-order valence-electron chi connectivity index (χ1n) is 4.41. The molecule has 1 aliphatic rings. The number of hydrogen-bond donors (Lipinski definition) is 1. The van der Waals surface area contributed by atoms with Gasteiger partial charge in [0.25, 0.3) is 0 Å². The van der Waals surface area contributed by atoms with E-state index in [0.717, 1.165) is 12.3 Å². The zero-order valence-corrected chi connectivity index (χ0v) is 7.46. The van der Waals surface area contributed by atoms with Gasteiger partial charge in [0, 0.05) is 12.6 Å². The summed E-state index contributed by atoms with van der Waals surface area (Å²) < 4.78 is 18.1. The second-order valence-electron chi connectivity index (χ2n) is 3.31. The number of benzene rings is 1. The molecule has 0 radical (unpaired) electrons. The van der Waals surface area contributed by atoms with Gasteiger partial charge in [-0.25, -0.2) is 4.39 Å². The van der Waals surface area contributed by atoms with Crippen LogP contribution < -0.4 is 10.1 Å². The highest BCUT2D eigenvalue weighted by Crippen LogP contribution is 2.16. The molecule has 1 aromatic rings. The van der Waals surface area contributed by atoms with Gasteiger partial charge in [-0.3, -0.25) is 0 Å². The summed E-state index contributed by atoms with van der Waals surface area (Å²) in [6.45, 7) is 2.94. The number of halogens is 1. The normalized spacial score (nSPS) is 26.6. The van der Waals surface area contributed by atoms with Gasteiger partial charge in [-0.15, -0.1) is 0 Å². The Kier molecular flexibility index (Phi) is 2.19. The third-order valence-corrected chi connectivity index (χ3v) is 2.30. The Morgan fingerprint density at radius 3 is 2.54 bits per heavy atom. The maximum absolute atomic E-state index is 12.5. The second-order valence-corrected chi connectivity index (χ2v) is 3.31. The molecule has 1 N–H and O–H groups in total. The molecular weight excluding hydrogens is 169 g/mol. The van der Waals surface area contributed by atoms with Crippen LogP contribution in [0.25, 0.3) is 0 Å². The van der Waals surface area contributed by atoms with E-state index in [1.165, 1.54) is 12.1 Å². The molecule has 2 atom stereocenters. The van der Waals surface area contributed by atoms with E-state index in [1.54, 1.807) is 12.1 Å². The summed E-state index contributed by atoms with van der Waals surface area (Å²) in [4.78, 5) is 0. The molecule has 0 spiro atoms. The molecule has 0 saturated carbocycles. The molecule has 0 aromatic heterocycles. The van der Waals surface area contributed by atoms with E-state index in [2.05, 4.69) is 12.2 Å². The van der Waals surface area contributed by atoms with E-state index < -0.39 is 0 Å². The first kappa shape index (κ1) is 8.51. The van der Waals surface area contributed by atoms with Crippen LogP contribution >= 0.6 is 0 Å². The lowest BCUT2D eigenvalue weighted by atomic mass is 10.1. The van der Waals surface area contributed by atoms with Gasteiger partial charge in [-0.2, -0.15) is 0 Å². The quantitative estimate of drug-likeness (QED) is 0.747. The van der Waals surface area contributed by atoms with Gasteiger partial charge in [-0.1, -0.05) is 0 Å². The fourth-order valence-corrected chi connectivity index (χ4v) is 1.28. The molecule has 13 heavy (non-hydrogen) atoms. The number of hydrogen-bond acceptors (Lipinski definition) is 2. The summed E-state index contributed by atoms with van der Waals surface area (Å²) in [6.07, 6.45) is 0.227. The third kappa shape index (κ3) is 1.80. The zero-order chi connectivity index (χ0) is 9.26. The van der Waals surface area contributed by atoms with Crippen molar-refractivity contribution in [3.63, 3.8) is 0 Å². The molecule has 1 aliphatic heterocycles. The summed E-state index contributed by atoms with van der Waals surface area (Å²) in [5.41, 5.74) is 0. The van der Waals surface area contributed by atoms with Gasteiger partial charge in [0.05, 0.1) is 0 Å². The standard InChI is InChI=1S/C10H12FNO/c1-7-10(6-12-7)13-9-4-2-8(11)3-5-9/h2-5,7,10,12H,6H2,1H3/t7-,10-/m0/s1. The Labute approximate surface area is 76.7 Å². The number of ether oxygens (including phenoxy) is 1. The number of nitrogens with one attached hydrogen (secondary N) is 1. The van der Waals surface area contributed by atoms with Crippen molar-refractivity contribution in [3.8, 4) is 5.75 Å². The number of rotatable bonds is 2. The van der Waals surface area contributed by atoms with Crippen molar-refractivity contribution in [2.24, 2.45) is 0 Å². The predicted molar refractivity (Wildman–Crippen MR) is 48.3 cm³/mol. The van der Waals surface area contributed by atoms with Gasteiger partial charge in [0.15, 0.2) is 0 Å². The molecule has 0 unspecified atom stereocenters. The molecule has 1 saturated heterocycles. The van der Waals surface area contributed by atoms with Crippen molar-refractivity contribution in [2.45, 2.75) is 19.1 Å². The van der Waals surface area contributed by atoms with Crippen LogP contribution in [0.3, 0.4) is 0 Å². The largest absolute Gasteiger partial charge is 0.487 e. The van der Waals surface area contributed by atoms with Crippen LogP contribution in [0.4, 0.5) is 4.39 Å². The van der Waals surface area contributed by atoms with Crippen molar-refractivity contribution in [3.05, 3.63) is 30.1 Å². The minimum Gasteiger partial charge on any atom is -0.487 e. The van der Waals surface area contributed by atoms with Crippen LogP contribution in [0.1, 0.15) is 6.92 Å². The van der Waals surface area contributed by atoms with Crippen LogP contribution in [-0.2, 0) is 0 Å². The second kappa shape index (κ2) is 3.34. The Morgan fingerprint density at radius 1 is 1.38 bits per heavy atom. The highest BCUT2D eigenvalue weighted by atomic mass is 19.1. The van der Waals surface area contributed by atoms with Gasteiger partial charge < -0.3 is 10.1 Å². The van der Waals surface area contributed by atoms with E-state index in [0.29, 0.717) is 6.04 Å². The predicted octanol–water partition coefficient (Wildman–Crippen LogP) is 1.56. The van der Waals surface area contributed by atoms with Crippen molar-refractivity contribution in [1.82, 2.24) is 5.32 Å². The SMILES string of the molecule is C[C@@H]1NC[C@@H]1Oc1ccc(F)cc1. The van der Waals surface area contributed by atoms with Gasteiger partial charge >= 0.3 is 0 Å². The van der Waals surface area contributed by atoms with Crippen LogP contribution in [0.5, 0.6) is 5.75 Å². The van der Waals surface area contributed by atoms with Gasteiger partial charge in [0.1, 0.15) is 17.7 Å². The van der Waals surface area contributed by atoms with Crippen molar-refractivity contribution < 1.29 is 9.13 Å². The van der Waals surface area contributed by atoms with Crippen LogP contribution in [0.2, 0.25) is 0 Å². The summed E-state index contributed by atoms with van der Waals surface area (Å²) in [6, 6.07) is 6.52. The Balaban J connectivity index is 1.98. The van der Waals surface area contributed by atoms with E-state index in [9.17, 15) is 4.39 Å². The lowest BCUT2D eigenvalue weighted by Crippen LogP contribution is -2.58. The van der Waals surface area contributed by atoms with Crippen LogP contribution in [-0.4, -0.2) is 18.7 Å². The molecule has 0 amide bonds. The van der Waals surface area contributed by atoms with E-state index in [4.69, 9.17) is 4.74 Å². The van der Waals surface area contributed by atoms with Crippen molar-refractivity contribution in [1.29, 1.82) is 0 Å². The van der Waals surface area contributed by atoms with Crippen LogP contribution in [0.15, 0.2) is 24.3 Å². The Hall–Kier alpha value is -1.09. The Bertz CT molecular complexity index is 285. The van der Waals surface area contributed by atoms with Gasteiger partial charge in [0.2, 0.25) is 0 Å². The van der Waals surface area contributed by atoms with Crippen molar-refractivity contribution in [2.75, 3.05) is 6.54 Å². The summed E-state index contributed by atoms with van der Waals surface area (Å²) >= 11 is 0. The minimum absolute atomic E-state index is 0.227. The van der Waals surface area contributed by atoms with Gasteiger partial charge in [-0.05, 0) is 31.2 Å². The van der Waals surface area contributed by atoms with Crippen molar-refractivity contribution >= 4 is 0 Å². The maximum Gasteiger partial charge on any atom is 0.126 e. The minimum atomic E-state index is -0.230. The highest BCUT2D eigenvalue weighted by molar-refractivity contribution is 5.23. The summed E-state index contributed by atoms with van der Waals surface area (Å²) in [5, 5.41) is 3.19. The molecule has 2 rings (SSSR count). The Morgan fingerprint density at radius 2 is 2.08 bits per heavy atom. The molecule has 3 heteroatoms. The smallest absolute Gasteiger partial charge is 0.126 e.